The molecule has 0 aromatic carbocycles. The Hall–Kier alpha value is -1.94. The summed E-state index contributed by atoms with van der Waals surface area (Å²) in [6.07, 6.45) is 62.7. The van der Waals surface area contributed by atoms with Crippen molar-refractivity contribution in [2.75, 3.05) is 39.6 Å². The van der Waals surface area contributed by atoms with Crippen molar-refractivity contribution in [3.8, 4) is 0 Å². The molecule has 0 heterocycles. The van der Waals surface area contributed by atoms with Crippen LogP contribution in [-0.4, -0.2) is 96.7 Å². The molecule has 19 heteroatoms. The average molecular weight is 1470 g/mol. The van der Waals surface area contributed by atoms with E-state index in [0.29, 0.717) is 25.7 Å². The second-order valence-electron chi connectivity index (χ2n) is 30.1. The fourth-order valence-corrected chi connectivity index (χ4v) is 14.1. The topological polar surface area (TPSA) is 237 Å². The first-order valence-electron chi connectivity index (χ1n) is 42.0. The molecule has 0 aliphatic rings. The second-order valence-corrected chi connectivity index (χ2v) is 33.0. The summed E-state index contributed by atoms with van der Waals surface area (Å²) in [7, 11) is -9.91. The Labute approximate surface area is 613 Å². The highest BCUT2D eigenvalue weighted by molar-refractivity contribution is 7.47. The van der Waals surface area contributed by atoms with E-state index in [9.17, 15) is 43.2 Å². The Kier molecular flexibility index (Phi) is 71.2. The third-order valence-corrected chi connectivity index (χ3v) is 20.9. The molecule has 0 saturated heterocycles. The van der Waals surface area contributed by atoms with Crippen molar-refractivity contribution in [3.05, 3.63) is 0 Å². The molecule has 0 amide bonds. The average Bonchev–Trinajstić information content (AvgIpc) is 0.954. The van der Waals surface area contributed by atoms with Gasteiger partial charge in [-0.2, -0.15) is 0 Å². The number of ether oxygens (including phenoxy) is 4. The molecule has 0 rings (SSSR count). The molecule has 17 nitrogen and oxygen atoms in total. The van der Waals surface area contributed by atoms with Crippen molar-refractivity contribution >= 4 is 39.5 Å². The van der Waals surface area contributed by atoms with E-state index < -0.39 is 97.5 Å². The van der Waals surface area contributed by atoms with Gasteiger partial charge in [0.2, 0.25) is 0 Å². The summed E-state index contributed by atoms with van der Waals surface area (Å²) in [6, 6.07) is 0. The zero-order valence-electron chi connectivity index (χ0n) is 65.5. The van der Waals surface area contributed by atoms with Crippen LogP contribution in [0.15, 0.2) is 0 Å². The zero-order chi connectivity index (χ0) is 73.5. The minimum atomic E-state index is -4.96. The summed E-state index contributed by atoms with van der Waals surface area (Å²) >= 11 is 0. The molecule has 2 unspecified atom stereocenters. The lowest BCUT2D eigenvalue weighted by Crippen LogP contribution is -2.30. The molecule has 0 aromatic heterocycles. The fourth-order valence-electron chi connectivity index (χ4n) is 12.5. The van der Waals surface area contributed by atoms with Crippen LogP contribution < -0.4 is 0 Å². The third-order valence-electron chi connectivity index (χ3n) is 19.0. The van der Waals surface area contributed by atoms with Crippen molar-refractivity contribution in [1.29, 1.82) is 0 Å². The Morgan fingerprint density at radius 1 is 0.270 bits per heavy atom. The van der Waals surface area contributed by atoms with E-state index in [1.807, 2.05) is 0 Å². The van der Waals surface area contributed by atoms with Gasteiger partial charge in [-0.25, -0.2) is 9.13 Å². The van der Waals surface area contributed by atoms with Gasteiger partial charge < -0.3 is 33.8 Å². The summed E-state index contributed by atoms with van der Waals surface area (Å²) in [4.78, 5) is 72.9. The number of hydrogen-bond acceptors (Lipinski definition) is 15. The number of hydrogen-bond donors (Lipinski definition) is 3. The highest BCUT2D eigenvalue weighted by Crippen LogP contribution is 2.45. The standard InChI is InChI=1S/C81H158O17P2/c1-7-9-11-13-15-16-17-18-19-20-21-22-23-24-25-30-36-41-47-53-59-65-81(86)98-77(70-92-79(84)64-58-52-46-40-35-29-27-26-28-33-38-44-49-55-61-73(3)4)72-96-100(89,90)94-68-75(82)67-93-99(87,88)95-71-76(69-91-78(83)63-57-51-43-14-12-10-8-2)97-80(85)66-60-54-48-42-37-32-31-34-39-45-50-56-62-74(5)6/h73-77,82H,7-72H2,1-6H3,(H,87,88)(H,89,90)/t75-,76+,77+/m0/s1. The molecule has 0 aliphatic heterocycles. The maximum absolute atomic E-state index is 13.1. The lowest BCUT2D eigenvalue weighted by Gasteiger charge is -2.21. The second kappa shape index (κ2) is 72.6. The maximum Gasteiger partial charge on any atom is 0.472 e. The first-order valence-corrected chi connectivity index (χ1v) is 45.0. The monoisotopic (exact) mass is 1470 g/mol. The van der Waals surface area contributed by atoms with Crippen LogP contribution in [0.4, 0.5) is 0 Å². The Morgan fingerprint density at radius 3 is 0.680 bits per heavy atom. The van der Waals surface area contributed by atoms with E-state index in [-0.39, 0.29) is 25.7 Å². The molecule has 0 aromatic rings. The van der Waals surface area contributed by atoms with Gasteiger partial charge in [0.05, 0.1) is 26.4 Å². The largest absolute Gasteiger partial charge is 0.472 e. The summed E-state index contributed by atoms with van der Waals surface area (Å²) < 4.78 is 68.6. The minimum absolute atomic E-state index is 0.107. The van der Waals surface area contributed by atoms with Gasteiger partial charge in [0.1, 0.15) is 19.3 Å². The number of phosphoric acid groups is 2. The lowest BCUT2D eigenvalue weighted by atomic mass is 10.0. The van der Waals surface area contributed by atoms with Crippen molar-refractivity contribution in [2.24, 2.45) is 11.8 Å². The van der Waals surface area contributed by atoms with Gasteiger partial charge in [-0.05, 0) is 37.5 Å². The van der Waals surface area contributed by atoms with Crippen LogP contribution in [0.3, 0.4) is 0 Å². The Bertz CT molecular complexity index is 1920. The van der Waals surface area contributed by atoms with Gasteiger partial charge in [-0.3, -0.25) is 37.3 Å². The van der Waals surface area contributed by atoms with E-state index in [1.54, 1.807) is 0 Å². The molecule has 100 heavy (non-hydrogen) atoms. The van der Waals surface area contributed by atoms with Gasteiger partial charge in [0.15, 0.2) is 12.2 Å². The van der Waals surface area contributed by atoms with Crippen LogP contribution in [0.25, 0.3) is 0 Å². The smallest absolute Gasteiger partial charge is 0.462 e. The molecule has 0 radical (unpaired) electrons. The summed E-state index contributed by atoms with van der Waals surface area (Å²) in [5.74, 6) is -0.538. The van der Waals surface area contributed by atoms with Crippen molar-refractivity contribution in [2.45, 2.75) is 445 Å². The molecular weight excluding hydrogens is 1310 g/mol. The Balaban J connectivity index is 5.17. The number of unbranched alkanes of at least 4 members (excludes halogenated alkanes) is 50. The number of carbonyl (C=O) groups excluding carboxylic acids is 4. The molecule has 0 saturated carbocycles. The van der Waals surface area contributed by atoms with Crippen LogP contribution in [0, 0.1) is 11.8 Å². The van der Waals surface area contributed by atoms with Gasteiger partial charge in [-0.15, -0.1) is 0 Å². The summed E-state index contributed by atoms with van der Waals surface area (Å²) in [5.41, 5.74) is 0. The normalized spacial score (nSPS) is 13.9. The number of carbonyl (C=O) groups is 4. The molecule has 0 aliphatic carbocycles. The van der Waals surface area contributed by atoms with Crippen molar-refractivity contribution < 1.29 is 80.2 Å². The van der Waals surface area contributed by atoms with Gasteiger partial charge >= 0.3 is 39.5 Å². The first-order chi connectivity index (χ1) is 48.4. The van der Waals surface area contributed by atoms with Crippen LogP contribution in [-0.2, 0) is 65.4 Å². The maximum atomic E-state index is 13.1. The van der Waals surface area contributed by atoms with Crippen molar-refractivity contribution in [3.63, 3.8) is 0 Å². The summed E-state index contributed by atoms with van der Waals surface area (Å²) in [6.45, 7) is 9.62. The quantitative estimate of drug-likeness (QED) is 0.0222. The molecule has 0 fully saturated rings. The molecule has 0 spiro atoms. The van der Waals surface area contributed by atoms with Crippen LogP contribution >= 0.6 is 15.6 Å². The van der Waals surface area contributed by atoms with E-state index in [2.05, 4.69) is 41.5 Å². The molecule has 5 atom stereocenters. The zero-order valence-corrected chi connectivity index (χ0v) is 67.3. The van der Waals surface area contributed by atoms with E-state index in [0.717, 1.165) is 115 Å². The SMILES string of the molecule is CCCCCCCCCCCCCCCCCCCCCCCC(=O)O[C@H](COC(=O)CCCCCCCCCCCCCCCCC(C)C)COP(=O)(O)OC[C@@H](O)COP(=O)(O)OC[C@@H](COC(=O)CCCCCCCCC)OC(=O)CCCCCCCCCCCCCCC(C)C. The van der Waals surface area contributed by atoms with E-state index >= 15 is 0 Å². The van der Waals surface area contributed by atoms with Crippen LogP contribution in [0.2, 0.25) is 0 Å². The number of phosphoric ester groups is 2. The Morgan fingerprint density at radius 2 is 0.460 bits per heavy atom. The fraction of sp³-hybridized carbons (Fsp3) is 0.951. The number of esters is 4. The van der Waals surface area contributed by atoms with Gasteiger partial charge in [0, 0.05) is 25.7 Å². The molecule has 3 N–H and O–H groups in total. The first kappa shape index (κ1) is 98.1. The highest BCUT2D eigenvalue weighted by Gasteiger charge is 2.30. The summed E-state index contributed by atoms with van der Waals surface area (Å²) in [5, 5.41) is 10.6. The predicted molar refractivity (Wildman–Crippen MR) is 409 cm³/mol. The highest BCUT2D eigenvalue weighted by atomic mass is 31.2. The minimum Gasteiger partial charge on any atom is -0.462 e. The van der Waals surface area contributed by atoms with Gasteiger partial charge in [0.25, 0.3) is 0 Å². The predicted octanol–water partition coefficient (Wildman–Crippen LogP) is 24.3. The molecular formula is C81H158O17P2. The van der Waals surface area contributed by atoms with Crippen LogP contribution in [0.1, 0.15) is 427 Å². The van der Waals surface area contributed by atoms with Crippen molar-refractivity contribution in [1.82, 2.24) is 0 Å². The van der Waals surface area contributed by atoms with E-state index in [1.165, 1.54) is 231 Å². The van der Waals surface area contributed by atoms with E-state index in [4.69, 9.17) is 37.0 Å². The number of aliphatic hydroxyl groups is 1. The number of rotatable bonds is 80. The molecule has 594 valence electrons. The lowest BCUT2D eigenvalue weighted by molar-refractivity contribution is -0.161. The third kappa shape index (κ3) is 74.3. The molecule has 0 bridgehead atoms. The van der Waals surface area contributed by atoms with Gasteiger partial charge in [-0.1, -0.05) is 375 Å². The number of aliphatic hydroxyl groups excluding tert-OH is 1. The van der Waals surface area contributed by atoms with Crippen LogP contribution in [0.5, 0.6) is 0 Å².